The van der Waals surface area contributed by atoms with E-state index in [2.05, 4.69) is 19.6 Å². The second kappa shape index (κ2) is 7.63. The first-order chi connectivity index (χ1) is 12.4. The van der Waals surface area contributed by atoms with Crippen molar-refractivity contribution in [3.05, 3.63) is 47.4 Å². The van der Waals surface area contributed by atoms with Crippen LogP contribution in [0.1, 0.15) is 21.9 Å². The van der Waals surface area contributed by atoms with Crippen LogP contribution < -0.4 is 9.64 Å². The molecule has 1 amide bonds. The number of aromatic nitrogens is 2. The Morgan fingerprint density at radius 1 is 1.12 bits per heavy atom. The van der Waals surface area contributed by atoms with Crippen LogP contribution in [0.3, 0.4) is 0 Å². The number of benzene rings is 1. The lowest BCUT2D eigenvalue weighted by molar-refractivity contribution is -0.0502. The molecule has 1 aromatic heterocycles. The maximum atomic E-state index is 12.7. The zero-order valence-corrected chi connectivity index (χ0v) is 14.7. The molecule has 0 N–H and O–H groups in total. The van der Waals surface area contributed by atoms with Gasteiger partial charge in [-0.25, -0.2) is 9.97 Å². The highest BCUT2D eigenvalue weighted by Gasteiger charge is 2.25. The molecular weight excluding hydrogens is 342 g/mol. The molecule has 3 rings (SSSR count). The van der Waals surface area contributed by atoms with E-state index in [1.807, 2.05) is 19.9 Å². The lowest BCUT2D eigenvalue weighted by Crippen LogP contribution is -2.49. The first-order valence-corrected chi connectivity index (χ1v) is 8.34. The Hall–Kier alpha value is -2.77. The lowest BCUT2D eigenvalue weighted by Gasteiger charge is -2.35. The van der Waals surface area contributed by atoms with Crippen LogP contribution in [0.5, 0.6) is 5.75 Å². The Balaban J connectivity index is 1.69. The maximum Gasteiger partial charge on any atom is 0.387 e. The van der Waals surface area contributed by atoms with Crippen molar-refractivity contribution < 1.29 is 18.3 Å². The Bertz CT molecular complexity index is 772. The third kappa shape index (κ3) is 4.07. The molecule has 8 heteroatoms. The van der Waals surface area contributed by atoms with Gasteiger partial charge in [0.2, 0.25) is 0 Å². The average molecular weight is 362 g/mol. The number of aryl methyl sites for hydroxylation is 2. The SMILES string of the molecule is Cc1cc(N2CCN(C(=O)c3ccccc3OC(F)F)CC2)nc(C)n1. The monoisotopic (exact) mass is 362 g/mol. The highest BCUT2D eigenvalue weighted by Crippen LogP contribution is 2.23. The van der Waals surface area contributed by atoms with E-state index in [-0.39, 0.29) is 17.2 Å². The zero-order valence-electron chi connectivity index (χ0n) is 14.7. The van der Waals surface area contributed by atoms with Crippen LogP contribution in [-0.4, -0.2) is 53.6 Å². The molecule has 2 heterocycles. The summed E-state index contributed by atoms with van der Waals surface area (Å²) >= 11 is 0. The molecule has 1 fully saturated rings. The van der Waals surface area contributed by atoms with Gasteiger partial charge in [-0.3, -0.25) is 4.79 Å². The Morgan fingerprint density at radius 2 is 1.81 bits per heavy atom. The van der Waals surface area contributed by atoms with E-state index in [0.29, 0.717) is 32.0 Å². The molecule has 1 aliphatic heterocycles. The number of hydrogen-bond donors (Lipinski definition) is 0. The van der Waals surface area contributed by atoms with Crippen molar-refractivity contribution in [1.82, 2.24) is 14.9 Å². The van der Waals surface area contributed by atoms with Crippen LogP contribution in [0, 0.1) is 13.8 Å². The zero-order chi connectivity index (χ0) is 18.7. The van der Waals surface area contributed by atoms with Crippen LogP contribution in [-0.2, 0) is 0 Å². The van der Waals surface area contributed by atoms with Crippen molar-refractivity contribution in [3.63, 3.8) is 0 Å². The summed E-state index contributed by atoms with van der Waals surface area (Å²) in [5.41, 5.74) is 1.04. The van der Waals surface area contributed by atoms with Gasteiger partial charge in [0.1, 0.15) is 17.4 Å². The second-order valence-electron chi connectivity index (χ2n) is 6.07. The fraction of sp³-hybridized carbons (Fsp3) is 0.389. The third-order valence-electron chi connectivity index (χ3n) is 4.18. The van der Waals surface area contributed by atoms with Crippen molar-refractivity contribution in [2.75, 3.05) is 31.1 Å². The Morgan fingerprint density at radius 3 is 2.46 bits per heavy atom. The number of rotatable bonds is 4. The number of para-hydroxylation sites is 1. The van der Waals surface area contributed by atoms with Gasteiger partial charge in [0.15, 0.2) is 0 Å². The van der Waals surface area contributed by atoms with Crippen molar-refractivity contribution >= 4 is 11.7 Å². The molecule has 26 heavy (non-hydrogen) atoms. The number of hydrogen-bond acceptors (Lipinski definition) is 5. The van der Waals surface area contributed by atoms with E-state index < -0.39 is 6.61 Å². The van der Waals surface area contributed by atoms with Gasteiger partial charge < -0.3 is 14.5 Å². The fourth-order valence-electron chi connectivity index (χ4n) is 3.01. The molecule has 0 saturated carbocycles. The van der Waals surface area contributed by atoms with E-state index in [0.717, 1.165) is 11.5 Å². The summed E-state index contributed by atoms with van der Waals surface area (Å²) < 4.78 is 29.6. The molecule has 0 spiro atoms. The van der Waals surface area contributed by atoms with Gasteiger partial charge >= 0.3 is 6.61 Å². The summed E-state index contributed by atoms with van der Waals surface area (Å²) in [6.07, 6.45) is 0. The molecule has 6 nitrogen and oxygen atoms in total. The first-order valence-electron chi connectivity index (χ1n) is 8.34. The summed E-state index contributed by atoms with van der Waals surface area (Å²) in [7, 11) is 0. The van der Waals surface area contributed by atoms with Crippen LogP contribution in [0.25, 0.3) is 0 Å². The normalized spacial score (nSPS) is 14.7. The number of halogens is 2. The number of carbonyl (C=O) groups is 1. The number of piperazine rings is 1. The van der Waals surface area contributed by atoms with Crippen LogP contribution in [0.2, 0.25) is 0 Å². The minimum atomic E-state index is -2.97. The quantitative estimate of drug-likeness (QED) is 0.837. The summed E-state index contributed by atoms with van der Waals surface area (Å²) in [4.78, 5) is 25.2. The summed E-state index contributed by atoms with van der Waals surface area (Å²) in [5, 5.41) is 0. The molecule has 2 aromatic rings. The van der Waals surface area contributed by atoms with Crippen LogP contribution in [0.15, 0.2) is 30.3 Å². The van der Waals surface area contributed by atoms with E-state index in [4.69, 9.17) is 0 Å². The van der Waals surface area contributed by atoms with Crippen molar-refractivity contribution in [2.24, 2.45) is 0 Å². The summed E-state index contributed by atoms with van der Waals surface area (Å²) in [5.74, 6) is 1.13. The van der Waals surface area contributed by atoms with Gasteiger partial charge in [0.25, 0.3) is 5.91 Å². The predicted molar refractivity (Wildman–Crippen MR) is 92.7 cm³/mol. The molecule has 138 valence electrons. The van der Waals surface area contributed by atoms with Gasteiger partial charge in [-0.05, 0) is 26.0 Å². The van der Waals surface area contributed by atoms with Crippen molar-refractivity contribution in [3.8, 4) is 5.75 Å². The summed E-state index contributed by atoms with van der Waals surface area (Å²) in [6, 6.07) is 7.99. The first kappa shape index (κ1) is 18.0. The highest BCUT2D eigenvalue weighted by molar-refractivity contribution is 5.97. The minimum Gasteiger partial charge on any atom is -0.434 e. The average Bonchev–Trinajstić information content (AvgIpc) is 2.60. The number of ether oxygens (including phenoxy) is 1. The van der Waals surface area contributed by atoms with Crippen molar-refractivity contribution in [2.45, 2.75) is 20.5 Å². The molecular formula is C18H20F2N4O2. The number of carbonyl (C=O) groups excluding carboxylic acids is 1. The maximum absolute atomic E-state index is 12.7. The molecule has 1 aromatic carbocycles. The molecule has 0 unspecified atom stereocenters. The third-order valence-corrected chi connectivity index (χ3v) is 4.18. The van der Waals surface area contributed by atoms with Gasteiger partial charge in [-0.15, -0.1) is 0 Å². The number of amides is 1. The topological polar surface area (TPSA) is 58.6 Å². The largest absolute Gasteiger partial charge is 0.434 e. The van der Waals surface area contributed by atoms with Gasteiger partial charge in [0, 0.05) is 37.9 Å². The summed E-state index contributed by atoms with van der Waals surface area (Å²) in [6.45, 7) is 2.96. The molecule has 1 aliphatic rings. The Kier molecular flexibility index (Phi) is 5.29. The van der Waals surface area contributed by atoms with Gasteiger partial charge in [0.05, 0.1) is 5.56 Å². The molecule has 0 atom stereocenters. The Labute approximate surface area is 150 Å². The molecule has 0 aliphatic carbocycles. The fourth-order valence-corrected chi connectivity index (χ4v) is 3.01. The molecule has 1 saturated heterocycles. The number of alkyl halides is 2. The predicted octanol–water partition coefficient (Wildman–Crippen LogP) is 2.66. The lowest BCUT2D eigenvalue weighted by atomic mass is 10.1. The van der Waals surface area contributed by atoms with Crippen LogP contribution >= 0.6 is 0 Å². The number of anilines is 1. The molecule has 0 bridgehead atoms. The highest BCUT2D eigenvalue weighted by atomic mass is 19.3. The van der Waals surface area contributed by atoms with Crippen molar-refractivity contribution in [1.29, 1.82) is 0 Å². The van der Waals surface area contributed by atoms with Gasteiger partial charge in [-0.1, -0.05) is 12.1 Å². The smallest absolute Gasteiger partial charge is 0.387 e. The minimum absolute atomic E-state index is 0.100. The van der Waals surface area contributed by atoms with E-state index in [1.54, 1.807) is 17.0 Å². The van der Waals surface area contributed by atoms with E-state index >= 15 is 0 Å². The van der Waals surface area contributed by atoms with Crippen LogP contribution in [0.4, 0.5) is 14.6 Å². The standard InChI is InChI=1S/C18H20F2N4O2/c1-12-11-16(22-13(2)21-12)23-7-9-24(10-8-23)17(25)14-5-3-4-6-15(14)26-18(19)20/h3-6,11,18H,7-10H2,1-2H3. The molecule has 0 radical (unpaired) electrons. The number of nitrogens with zero attached hydrogens (tertiary/aromatic N) is 4. The second-order valence-corrected chi connectivity index (χ2v) is 6.07. The van der Waals surface area contributed by atoms with E-state index in [9.17, 15) is 13.6 Å². The van der Waals surface area contributed by atoms with E-state index in [1.165, 1.54) is 12.1 Å². The van der Waals surface area contributed by atoms with Gasteiger partial charge in [-0.2, -0.15) is 8.78 Å².